The number of halogens is 2. The Kier molecular flexibility index (Phi) is 3.09. The third-order valence-electron chi connectivity index (χ3n) is 2.39. The second-order valence-corrected chi connectivity index (χ2v) is 3.41. The molecule has 0 bridgehead atoms. The molecule has 0 saturated carbocycles. The van der Waals surface area contributed by atoms with Crippen molar-refractivity contribution in [3.05, 3.63) is 0 Å². The smallest absolute Gasteiger partial charge is 0.344 e. The van der Waals surface area contributed by atoms with Gasteiger partial charge in [-0.05, 0) is 20.3 Å². The highest BCUT2D eigenvalue weighted by molar-refractivity contribution is 5.80. The molecule has 5 heteroatoms. The van der Waals surface area contributed by atoms with Crippen molar-refractivity contribution in [2.75, 3.05) is 13.2 Å². The molecular formula is C9H14F2O3. The van der Waals surface area contributed by atoms with Crippen molar-refractivity contribution in [2.24, 2.45) is 0 Å². The van der Waals surface area contributed by atoms with Crippen LogP contribution in [0.2, 0.25) is 0 Å². The molecule has 0 amide bonds. The van der Waals surface area contributed by atoms with E-state index in [4.69, 9.17) is 4.74 Å². The molecule has 0 aromatic carbocycles. The molecule has 1 atom stereocenters. The van der Waals surface area contributed by atoms with Gasteiger partial charge in [0.15, 0.2) is 0 Å². The second kappa shape index (κ2) is 3.81. The van der Waals surface area contributed by atoms with E-state index in [0.717, 1.165) is 6.92 Å². The summed E-state index contributed by atoms with van der Waals surface area (Å²) in [5.74, 6) is -4.12. The zero-order valence-electron chi connectivity index (χ0n) is 8.31. The summed E-state index contributed by atoms with van der Waals surface area (Å²) in [6.45, 7) is 2.91. The highest BCUT2D eigenvalue weighted by Gasteiger charge is 2.59. The monoisotopic (exact) mass is 208 g/mol. The van der Waals surface area contributed by atoms with Crippen molar-refractivity contribution >= 4 is 5.97 Å². The van der Waals surface area contributed by atoms with Gasteiger partial charge in [0.05, 0.1) is 6.61 Å². The average molecular weight is 208 g/mol. The number of alkyl halides is 2. The molecule has 1 fully saturated rings. The first-order valence-corrected chi connectivity index (χ1v) is 4.63. The molecule has 1 rings (SSSR count). The van der Waals surface area contributed by atoms with E-state index < -0.39 is 17.5 Å². The van der Waals surface area contributed by atoms with E-state index >= 15 is 0 Å². The van der Waals surface area contributed by atoms with Crippen molar-refractivity contribution in [3.63, 3.8) is 0 Å². The van der Waals surface area contributed by atoms with Crippen LogP contribution in [-0.2, 0) is 14.3 Å². The Bertz CT molecular complexity index is 230. The fourth-order valence-electron chi connectivity index (χ4n) is 1.39. The molecule has 82 valence electrons. The first-order valence-electron chi connectivity index (χ1n) is 4.63. The van der Waals surface area contributed by atoms with Crippen molar-refractivity contribution in [2.45, 2.75) is 38.2 Å². The molecule has 14 heavy (non-hydrogen) atoms. The van der Waals surface area contributed by atoms with E-state index in [1.165, 1.54) is 0 Å². The summed E-state index contributed by atoms with van der Waals surface area (Å²) in [4.78, 5) is 11.3. The Morgan fingerprint density at radius 2 is 2.21 bits per heavy atom. The summed E-state index contributed by atoms with van der Waals surface area (Å²) in [5, 5.41) is 0. The van der Waals surface area contributed by atoms with E-state index in [1.54, 1.807) is 6.92 Å². The van der Waals surface area contributed by atoms with Gasteiger partial charge in [-0.15, -0.1) is 0 Å². The third kappa shape index (κ3) is 1.73. The molecule has 1 aliphatic rings. The lowest BCUT2D eigenvalue weighted by molar-refractivity contribution is -0.240. The van der Waals surface area contributed by atoms with Crippen LogP contribution < -0.4 is 0 Å². The lowest BCUT2D eigenvalue weighted by Crippen LogP contribution is -2.57. The van der Waals surface area contributed by atoms with Gasteiger partial charge in [0.2, 0.25) is 5.60 Å². The minimum absolute atomic E-state index is 0.0772. The lowest BCUT2D eigenvalue weighted by atomic mass is 9.91. The van der Waals surface area contributed by atoms with E-state index in [1.807, 2.05) is 0 Å². The Balaban J connectivity index is 2.83. The van der Waals surface area contributed by atoms with Crippen LogP contribution in [0.25, 0.3) is 0 Å². The first-order chi connectivity index (χ1) is 6.44. The number of hydrogen-bond donors (Lipinski definition) is 0. The summed E-state index contributed by atoms with van der Waals surface area (Å²) in [7, 11) is 0. The number of carbonyl (C=O) groups is 1. The number of ether oxygens (including phenoxy) is 2. The Hall–Kier alpha value is -0.710. The van der Waals surface area contributed by atoms with Gasteiger partial charge >= 0.3 is 5.97 Å². The number of hydrogen-bond acceptors (Lipinski definition) is 3. The second-order valence-electron chi connectivity index (χ2n) is 3.41. The van der Waals surface area contributed by atoms with Gasteiger partial charge in [-0.1, -0.05) is 0 Å². The maximum atomic E-state index is 13.4. The molecule has 0 N–H and O–H groups in total. The van der Waals surface area contributed by atoms with Gasteiger partial charge in [-0.25, -0.2) is 13.6 Å². The minimum atomic E-state index is -3.14. The first kappa shape index (κ1) is 11.4. The Morgan fingerprint density at radius 3 is 2.71 bits per heavy atom. The summed E-state index contributed by atoms with van der Waals surface area (Å²) < 4.78 is 36.2. The normalized spacial score (nSPS) is 31.1. The average Bonchev–Trinajstić information content (AvgIpc) is 2.10. The molecule has 0 aromatic heterocycles. The highest BCUT2D eigenvalue weighted by atomic mass is 19.3. The molecule has 0 radical (unpaired) electrons. The van der Waals surface area contributed by atoms with Crippen molar-refractivity contribution in [1.29, 1.82) is 0 Å². The number of esters is 1. The van der Waals surface area contributed by atoms with Crippen LogP contribution in [0.15, 0.2) is 0 Å². The largest absolute Gasteiger partial charge is 0.464 e. The van der Waals surface area contributed by atoms with Crippen LogP contribution in [0.4, 0.5) is 8.78 Å². The van der Waals surface area contributed by atoms with Crippen molar-refractivity contribution < 1.29 is 23.0 Å². The maximum absolute atomic E-state index is 13.4. The van der Waals surface area contributed by atoms with Gasteiger partial charge < -0.3 is 9.47 Å². The SMILES string of the molecule is CCOC(=O)C1(C)OCCCC1(F)F. The molecule has 3 nitrogen and oxygen atoms in total. The van der Waals surface area contributed by atoms with Crippen molar-refractivity contribution in [1.82, 2.24) is 0 Å². The van der Waals surface area contributed by atoms with Gasteiger partial charge in [0.25, 0.3) is 5.92 Å². The van der Waals surface area contributed by atoms with Crippen LogP contribution in [0.5, 0.6) is 0 Å². The molecular weight excluding hydrogens is 194 g/mol. The van der Waals surface area contributed by atoms with Crippen LogP contribution in [0.3, 0.4) is 0 Å². The molecule has 0 aromatic rings. The van der Waals surface area contributed by atoms with Crippen LogP contribution >= 0.6 is 0 Å². The van der Waals surface area contributed by atoms with Gasteiger partial charge in [0, 0.05) is 13.0 Å². The fourth-order valence-corrected chi connectivity index (χ4v) is 1.39. The number of rotatable bonds is 2. The zero-order chi connectivity index (χ0) is 10.8. The summed E-state index contributed by atoms with van der Waals surface area (Å²) >= 11 is 0. The van der Waals surface area contributed by atoms with E-state index in [9.17, 15) is 13.6 Å². The molecule has 1 heterocycles. The van der Waals surface area contributed by atoms with Gasteiger partial charge in [0.1, 0.15) is 0 Å². The molecule has 1 unspecified atom stereocenters. The maximum Gasteiger partial charge on any atom is 0.344 e. The van der Waals surface area contributed by atoms with E-state index in [0.29, 0.717) is 0 Å². The molecule has 0 aliphatic carbocycles. The van der Waals surface area contributed by atoms with Crippen molar-refractivity contribution in [3.8, 4) is 0 Å². The topological polar surface area (TPSA) is 35.5 Å². The zero-order valence-corrected chi connectivity index (χ0v) is 8.31. The van der Waals surface area contributed by atoms with Crippen LogP contribution in [-0.4, -0.2) is 30.7 Å². The fraction of sp³-hybridized carbons (Fsp3) is 0.889. The predicted octanol–water partition coefficient (Wildman–Crippen LogP) is 1.75. The predicted molar refractivity (Wildman–Crippen MR) is 45.2 cm³/mol. The Morgan fingerprint density at radius 1 is 1.57 bits per heavy atom. The third-order valence-corrected chi connectivity index (χ3v) is 2.39. The van der Waals surface area contributed by atoms with Gasteiger partial charge in [-0.3, -0.25) is 0 Å². The quantitative estimate of drug-likeness (QED) is 0.648. The number of carbonyl (C=O) groups excluding carboxylic acids is 1. The lowest BCUT2D eigenvalue weighted by Gasteiger charge is -2.38. The summed E-state index contributed by atoms with van der Waals surface area (Å²) in [6.07, 6.45) is -0.0652. The highest BCUT2D eigenvalue weighted by Crippen LogP contribution is 2.40. The molecule has 1 aliphatic heterocycles. The van der Waals surface area contributed by atoms with E-state index in [2.05, 4.69) is 4.74 Å². The summed E-state index contributed by atoms with van der Waals surface area (Å²) in [5.41, 5.74) is -2.11. The summed E-state index contributed by atoms with van der Waals surface area (Å²) in [6, 6.07) is 0. The van der Waals surface area contributed by atoms with E-state index in [-0.39, 0.29) is 26.1 Å². The van der Waals surface area contributed by atoms with Crippen LogP contribution in [0.1, 0.15) is 26.7 Å². The molecule has 1 saturated heterocycles. The van der Waals surface area contributed by atoms with Gasteiger partial charge in [-0.2, -0.15) is 0 Å². The standard InChI is InChI=1S/C9H14F2O3/c1-3-13-7(12)8(2)9(10,11)5-4-6-14-8/h3-6H2,1-2H3. The molecule has 0 spiro atoms. The minimum Gasteiger partial charge on any atom is -0.464 e. The van der Waals surface area contributed by atoms with Crippen LogP contribution in [0, 0.1) is 0 Å². The Labute approximate surface area is 81.4 Å².